The van der Waals surface area contributed by atoms with Crippen LogP contribution in [0.25, 0.3) is 0 Å². The minimum Gasteiger partial charge on any atom is -0.347 e. The second-order valence-corrected chi connectivity index (χ2v) is 6.69. The zero-order chi connectivity index (χ0) is 20.8. The molecule has 2 N–H and O–H groups in total. The number of hydrogen-bond acceptors (Lipinski definition) is 4. The quantitative estimate of drug-likeness (QED) is 0.630. The molecule has 0 aliphatic rings. The van der Waals surface area contributed by atoms with Crippen LogP contribution in [0.5, 0.6) is 0 Å². The molecule has 3 rings (SSSR count). The van der Waals surface area contributed by atoms with Gasteiger partial charge in [0.15, 0.2) is 5.78 Å². The number of rotatable bonds is 6. The summed E-state index contributed by atoms with van der Waals surface area (Å²) in [5, 5.41) is 5.55. The van der Waals surface area contributed by atoms with Crippen molar-refractivity contribution in [3.63, 3.8) is 0 Å². The summed E-state index contributed by atoms with van der Waals surface area (Å²) in [6, 6.07) is 17.5. The topological polar surface area (TPSA) is 88.2 Å². The smallest absolute Gasteiger partial charge is 0.270 e. The molecule has 0 atom stereocenters. The van der Waals surface area contributed by atoms with Crippen molar-refractivity contribution in [2.45, 2.75) is 20.4 Å². The van der Waals surface area contributed by atoms with Gasteiger partial charge in [0, 0.05) is 29.6 Å². The molecule has 0 radical (unpaired) electrons. The average molecular weight is 387 g/mol. The van der Waals surface area contributed by atoms with Gasteiger partial charge in [0.05, 0.1) is 0 Å². The second-order valence-electron chi connectivity index (χ2n) is 6.69. The molecule has 146 valence electrons. The van der Waals surface area contributed by atoms with Gasteiger partial charge in [-0.1, -0.05) is 29.8 Å². The number of anilines is 1. The maximum atomic E-state index is 12.5. The van der Waals surface area contributed by atoms with E-state index in [9.17, 15) is 14.4 Å². The van der Waals surface area contributed by atoms with Gasteiger partial charge in [-0.3, -0.25) is 19.4 Å². The molecule has 0 spiro atoms. The van der Waals surface area contributed by atoms with Crippen molar-refractivity contribution in [3.05, 3.63) is 94.8 Å². The zero-order valence-electron chi connectivity index (χ0n) is 16.2. The van der Waals surface area contributed by atoms with Crippen LogP contribution in [0.2, 0.25) is 0 Å². The number of aromatic nitrogens is 1. The Morgan fingerprint density at radius 3 is 2.21 bits per heavy atom. The Bertz CT molecular complexity index is 1040. The molecule has 0 aliphatic carbocycles. The van der Waals surface area contributed by atoms with Crippen molar-refractivity contribution >= 4 is 23.3 Å². The fourth-order valence-electron chi connectivity index (χ4n) is 2.67. The van der Waals surface area contributed by atoms with Gasteiger partial charge in [-0.25, -0.2) is 0 Å². The van der Waals surface area contributed by atoms with Gasteiger partial charge in [-0.15, -0.1) is 0 Å². The van der Waals surface area contributed by atoms with Crippen LogP contribution in [0.4, 0.5) is 5.69 Å². The van der Waals surface area contributed by atoms with E-state index in [1.165, 1.54) is 25.3 Å². The van der Waals surface area contributed by atoms with Crippen molar-refractivity contribution < 1.29 is 14.4 Å². The van der Waals surface area contributed by atoms with E-state index < -0.39 is 0 Å². The van der Waals surface area contributed by atoms with Crippen LogP contribution in [-0.2, 0) is 6.54 Å². The molecule has 0 bridgehead atoms. The Morgan fingerprint density at radius 1 is 0.862 bits per heavy atom. The predicted molar refractivity (Wildman–Crippen MR) is 111 cm³/mol. The molecule has 29 heavy (non-hydrogen) atoms. The van der Waals surface area contributed by atoms with E-state index in [-0.39, 0.29) is 23.3 Å². The first-order valence-corrected chi connectivity index (χ1v) is 9.14. The number of pyridine rings is 1. The maximum Gasteiger partial charge on any atom is 0.270 e. The SMILES string of the molecule is CC(=O)c1ccc(NC(=O)c2ccnc(C(=O)NCc3ccc(C)cc3)c2)cc1. The largest absolute Gasteiger partial charge is 0.347 e. The van der Waals surface area contributed by atoms with E-state index in [1.807, 2.05) is 31.2 Å². The molecular formula is C23H21N3O3. The van der Waals surface area contributed by atoms with Gasteiger partial charge < -0.3 is 10.6 Å². The fraction of sp³-hybridized carbons (Fsp3) is 0.130. The molecule has 0 aliphatic heterocycles. The van der Waals surface area contributed by atoms with Gasteiger partial charge in [0.25, 0.3) is 11.8 Å². The lowest BCUT2D eigenvalue weighted by atomic mass is 10.1. The number of carbonyl (C=O) groups is 3. The lowest BCUT2D eigenvalue weighted by Crippen LogP contribution is -2.24. The molecule has 2 amide bonds. The van der Waals surface area contributed by atoms with Crippen LogP contribution in [-0.4, -0.2) is 22.6 Å². The normalized spacial score (nSPS) is 10.3. The maximum absolute atomic E-state index is 12.5. The number of nitrogens with zero attached hydrogens (tertiary/aromatic N) is 1. The van der Waals surface area contributed by atoms with E-state index in [4.69, 9.17) is 0 Å². The Kier molecular flexibility index (Phi) is 6.14. The van der Waals surface area contributed by atoms with E-state index in [0.717, 1.165) is 11.1 Å². The molecule has 3 aromatic rings. The Hall–Kier alpha value is -3.80. The summed E-state index contributed by atoms with van der Waals surface area (Å²) in [7, 11) is 0. The summed E-state index contributed by atoms with van der Waals surface area (Å²) in [5.74, 6) is -0.764. The number of carbonyl (C=O) groups excluding carboxylic acids is 3. The number of ketones is 1. The monoisotopic (exact) mass is 387 g/mol. The highest BCUT2D eigenvalue weighted by Gasteiger charge is 2.12. The minimum atomic E-state index is -0.365. The van der Waals surface area contributed by atoms with Crippen molar-refractivity contribution in [1.82, 2.24) is 10.3 Å². The van der Waals surface area contributed by atoms with Gasteiger partial charge >= 0.3 is 0 Å². The standard InChI is InChI=1S/C23H21N3O3/c1-15-3-5-17(6-4-15)14-25-23(29)21-13-19(11-12-24-21)22(28)26-20-9-7-18(8-10-20)16(2)27/h3-13H,14H2,1-2H3,(H,25,29)(H,26,28). The van der Waals surface area contributed by atoms with Gasteiger partial charge in [0.1, 0.15) is 5.69 Å². The highest BCUT2D eigenvalue weighted by molar-refractivity contribution is 6.06. The van der Waals surface area contributed by atoms with E-state index >= 15 is 0 Å². The van der Waals surface area contributed by atoms with Crippen LogP contribution in [0.3, 0.4) is 0 Å². The third kappa shape index (κ3) is 5.35. The minimum absolute atomic E-state index is 0.0432. The summed E-state index contributed by atoms with van der Waals surface area (Å²) in [4.78, 5) is 40.2. The summed E-state index contributed by atoms with van der Waals surface area (Å²) < 4.78 is 0. The summed E-state index contributed by atoms with van der Waals surface area (Å²) in [6.07, 6.45) is 1.43. The lowest BCUT2D eigenvalue weighted by molar-refractivity contribution is 0.0945. The van der Waals surface area contributed by atoms with Crippen molar-refractivity contribution in [2.24, 2.45) is 0 Å². The number of hydrogen-bond donors (Lipinski definition) is 2. The van der Waals surface area contributed by atoms with Crippen molar-refractivity contribution in [2.75, 3.05) is 5.32 Å². The second kappa shape index (κ2) is 8.93. The van der Waals surface area contributed by atoms with Crippen molar-refractivity contribution in [1.29, 1.82) is 0 Å². The molecule has 6 nitrogen and oxygen atoms in total. The molecular weight excluding hydrogens is 366 g/mol. The molecule has 0 saturated carbocycles. The average Bonchev–Trinajstić information content (AvgIpc) is 2.73. The van der Waals surface area contributed by atoms with Crippen LogP contribution >= 0.6 is 0 Å². The number of Topliss-reactive ketones (excluding diaryl/α,β-unsaturated/α-hetero) is 1. The Labute approximate surface area is 169 Å². The van der Waals surface area contributed by atoms with Crippen molar-refractivity contribution in [3.8, 4) is 0 Å². The van der Waals surface area contributed by atoms with Gasteiger partial charge in [-0.2, -0.15) is 0 Å². The lowest BCUT2D eigenvalue weighted by Gasteiger charge is -2.08. The van der Waals surface area contributed by atoms with Gasteiger partial charge in [0.2, 0.25) is 0 Å². The molecule has 6 heteroatoms. The number of aryl methyl sites for hydroxylation is 1. The third-order valence-corrected chi connectivity index (χ3v) is 4.38. The van der Waals surface area contributed by atoms with E-state index in [2.05, 4.69) is 15.6 Å². The molecule has 2 aromatic carbocycles. The Morgan fingerprint density at radius 2 is 1.55 bits per heavy atom. The molecule has 0 saturated heterocycles. The van der Waals surface area contributed by atoms with Crippen LogP contribution in [0.15, 0.2) is 66.9 Å². The molecule has 0 fully saturated rings. The highest BCUT2D eigenvalue weighted by Crippen LogP contribution is 2.12. The predicted octanol–water partition coefficient (Wildman–Crippen LogP) is 3.77. The molecule has 1 aromatic heterocycles. The van der Waals surface area contributed by atoms with Crippen LogP contribution in [0, 0.1) is 6.92 Å². The highest BCUT2D eigenvalue weighted by atomic mass is 16.2. The number of nitrogens with one attached hydrogen (secondary N) is 2. The molecule has 1 heterocycles. The van der Waals surface area contributed by atoms with Gasteiger partial charge in [-0.05, 0) is 55.8 Å². The summed E-state index contributed by atoms with van der Waals surface area (Å²) >= 11 is 0. The zero-order valence-corrected chi connectivity index (χ0v) is 16.2. The third-order valence-electron chi connectivity index (χ3n) is 4.38. The van der Waals surface area contributed by atoms with E-state index in [1.54, 1.807) is 24.3 Å². The first-order valence-electron chi connectivity index (χ1n) is 9.14. The summed E-state index contributed by atoms with van der Waals surface area (Å²) in [5.41, 5.74) is 3.73. The first-order chi connectivity index (χ1) is 13.9. The fourth-order valence-corrected chi connectivity index (χ4v) is 2.67. The summed E-state index contributed by atoms with van der Waals surface area (Å²) in [6.45, 7) is 3.86. The first kappa shape index (κ1) is 19.9. The Balaban J connectivity index is 1.64. The molecule has 0 unspecified atom stereocenters. The number of amides is 2. The van der Waals surface area contributed by atoms with E-state index in [0.29, 0.717) is 23.4 Å². The number of benzene rings is 2. The van der Waals surface area contributed by atoms with Crippen LogP contribution in [0.1, 0.15) is 49.3 Å². The van der Waals surface area contributed by atoms with Crippen LogP contribution < -0.4 is 10.6 Å².